The Balaban J connectivity index is 2.33. The van der Waals surface area contributed by atoms with E-state index in [1.165, 1.54) is 0 Å². The summed E-state index contributed by atoms with van der Waals surface area (Å²) in [5.74, 6) is -7.17. The third kappa shape index (κ3) is 12.4. The molecule has 49 heavy (non-hydrogen) atoms. The lowest BCUT2D eigenvalue weighted by Gasteiger charge is -2.36. The van der Waals surface area contributed by atoms with Gasteiger partial charge in [-0.25, -0.2) is 9.59 Å². The first-order valence-corrected chi connectivity index (χ1v) is 16.5. The number of aliphatic carboxylic acids is 1. The number of ether oxygens (including phenoxy) is 1. The van der Waals surface area contributed by atoms with Gasteiger partial charge in [0.15, 0.2) is 5.96 Å². The summed E-state index contributed by atoms with van der Waals surface area (Å²) in [5, 5.41) is 14.3. The Labute approximate surface area is 293 Å². The van der Waals surface area contributed by atoms with Gasteiger partial charge in [-0.1, -0.05) is 30.3 Å². The van der Waals surface area contributed by atoms with Gasteiger partial charge in [0, 0.05) is 24.6 Å². The number of nitrogens with zero attached hydrogens (tertiary/aromatic N) is 3. The van der Waals surface area contributed by atoms with E-state index < -0.39 is 84.0 Å². The normalized spacial score (nSPS) is 16.3. The number of rotatable bonds is 18. The molecular weight excluding hydrogens is 683 g/mol. The van der Waals surface area contributed by atoms with Gasteiger partial charge in [0.2, 0.25) is 23.6 Å². The molecule has 1 fully saturated rings. The Kier molecular flexibility index (Phi) is 16.6. The minimum atomic E-state index is -1.76. The second-order valence-corrected chi connectivity index (χ2v) is 11.7. The molecule has 0 aliphatic carbocycles. The van der Waals surface area contributed by atoms with Crippen LogP contribution in [0.3, 0.4) is 0 Å². The van der Waals surface area contributed by atoms with E-state index in [1.807, 2.05) is 0 Å². The molecule has 1 heterocycles. The third-order valence-electron chi connectivity index (χ3n) is 7.37. The zero-order valence-corrected chi connectivity index (χ0v) is 28.4. The van der Waals surface area contributed by atoms with Crippen molar-refractivity contribution in [2.75, 3.05) is 24.6 Å². The lowest BCUT2D eigenvalue weighted by Crippen LogP contribution is -2.63. The van der Waals surface area contributed by atoms with E-state index in [0.717, 1.165) is 4.90 Å². The van der Waals surface area contributed by atoms with Gasteiger partial charge >= 0.3 is 12.1 Å². The number of nitrogens with one attached hydrogen (secondary N) is 2. The summed E-state index contributed by atoms with van der Waals surface area (Å²) in [6, 6.07) is 1.24. The van der Waals surface area contributed by atoms with Crippen molar-refractivity contribution in [3.63, 3.8) is 0 Å². The Morgan fingerprint density at radius 1 is 1.00 bits per heavy atom. The monoisotopic (exact) mass is 725 g/mol. The van der Waals surface area contributed by atoms with Crippen LogP contribution in [0, 0.1) is 0 Å². The molecule has 0 aromatic heterocycles. The molecule has 270 valence electrons. The Bertz CT molecular complexity index is 1380. The van der Waals surface area contributed by atoms with Crippen LogP contribution >= 0.6 is 25.3 Å². The first kappa shape index (κ1) is 40.6. The number of carbonyl (C=O) groups excluding carboxylic acids is 6. The zero-order chi connectivity index (χ0) is 36.7. The molecule has 18 nitrogen and oxygen atoms in total. The Morgan fingerprint density at radius 2 is 1.67 bits per heavy atom. The Hall–Kier alpha value is -4.56. The van der Waals surface area contributed by atoms with Crippen LogP contribution in [0.5, 0.6) is 0 Å². The van der Waals surface area contributed by atoms with Crippen LogP contribution in [0.2, 0.25) is 0 Å². The summed E-state index contributed by atoms with van der Waals surface area (Å²) < 4.78 is 5.16. The first-order chi connectivity index (χ1) is 23.2. The molecule has 1 aliphatic rings. The molecule has 1 aromatic rings. The summed E-state index contributed by atoms with van der Waals surface area (Å²) >= 11 is 8.25. The SMILES string of the molecule is NC(=O)CC(NC(=O)OCc1ccccc1)C(=O)N(C(=O)C(N)CS)C(CS)C(=O)N1CCCC1C(=O)NC(CCCN=C(N)N)C(=O)O. The average Bonchev–Trinajstić information content (AvgIpc) is 3.56. The van der Waals surface area contributed by atoms with E-state index in [-0.39, 0.29) is 50.7 Å². The second-order valence-electron chi connectivity index (χ2n) is 11.0. The number of guanidine groups is 1. The zero-order valence-electron chi connectivity index (χ0n) is 26.6. The van der Waals surface area contributed by atoms with Crippen molar-refractivity contribution < 1.29 is 43.4 Å². The summed E-state index contributed by atoms with van der Waals surface area (Å²) in [4.78, 5) is 96.6. The van der Waals surface area contributed by atoms with Gasteiger partial charge in [-0.3, -0.25) is 33.9 Å². The van der Waals surface area contributed by atoms with Gasteiger partial charge in [-0.2, -0.15) is 25.3 Å². The fourth-order valence-electron chi connectivity index (χ4n) is 4.94. The highest BCUT2D eigenvalue weighted by Crippen LogP contribution is 2.22. The third-order valence-corrected chi connectivity index (χ3v) is 8.10. The number of hydrogen-bond acceptors (Lipinski definition) is 12. The van der Waals surface area contributed by atoms with E-state index in [1.54, 1.807) is 30.3 Å². The maximum Gasteiger partial charge on any atom is 0.408 e. The van der Waals surface area contributed by atoms with Crippen LogP contribution in [-0.2, 0) is 40.1 Å². The van der Waals surface area contributed by atoms with Crippen LogP contribution < -0.4 is 33.6 Å². The highest BCUT2D eigenvalue weighted by Gasteiger charge is 2.45. The summed E-state index contributed by atoms with van der Waals surface area (Å²) in [5.41, 5.74) is 22.5. The average molecular weight is 726 g/mol. The maximum atomic E-state index is 14.0. The van der Waals surface area contributed by atoms with Crippen LogP contribution in [0.4, 0.5) is 4.79 Å². The fourth-order valence-corrected chi connectivity index (χ4v) is 5.42. The lowest BCUT2D eigenvalue weighted by atomic mass is 10.1. The molecule has 0 spiro atoms. The van der Waals surface area contributed by atoms with Crippen molar-refractivity contribution in [3.05, 3.63) is 35.9 Å². The largest absolute Gasteiger partial charge is 0.480 e. The number of benzene rings is 1. The predicted octanol–water partition coefficient (Wildman–Crippen LogP) is -2.32. The van der Waals surface area contributed by atoms with E-state index in [9.17, 15) is 38.7 Å². The van der Waals surface area contributed by atoms with Crippen molar-refractivity contribution in [2.45, 2.75) is 68.9 Å². The van der Waals surface area contributed by atoms with E-state index >= 15 is 0 Å². The number of carboxylic acids is 1. The number of alkyl carbamates (subject to hydrolysis) is 1. The first-order valence-electron chi connectivity index (χ1n) is 15.2. The minimum absolute atomic E-state index is 0.0157. The topological polar surface area (TPSA) is 296 Å². The van der Waals surface area contributed by atoms with Crippen molar-refractivity contribution >= 4 is 72.8 Å². The van der Waals surface area contributed by atoms with Crippen molar-refractivity contribution in [3.8, 4) is 0 Å². The molecule has 1 aromatic carbocycles. The van der Waals surface area contributed by atoms with Crippen LogP contribution in [0.1, 0.15) is 37.7 Å². The molecule has 0 saturated carbocycles. The highest BCUT2D eigenvalue weighted by molar-refractivity contribution is 7.80. The van der Waals surface area contributed by atoms with Crippen molar-refractivity contribution in [1.29, 1.82) is 0 Å². The lowest BCUT2D eigenvalue weighted by molar-refractivity contribution is -0.157. The number of aliphatic imine (C=N–C) groups is 1. The number of imide groups is 1. The number of thiol groups is 2. The van der Waals surface area contributed by atoms with Gasteiger partial charge in [0.1, 0.15) is 30.8 Å². The number of amides is 6. The summed E-state index contributed by atoms with van der Waals surface area (Å²) in [6.07, 6.45) is -1.20. The number of primary amides is 1. The van der Waals surface area contributed by atoms with Gasteiger partial charge in [0.05, 0.1) is 12.5 Å². The Morgan fingerprint density at radius 3 is 2.24 bits per heavy atom. The van der Waals surface area contributed by atoms with Crippen molar-refractivity contribution in [2.24, 2.45) is 27.9 Å². The van der Waals surface area contributed by atoms with E-state index in [0.29, 0.717) is 16.9 Å². The van der Waals surface area contributed by atoms with E-state index in [2.05, 4.69) is 40.9 Å². The number of hydrogen-bond donors (Lipinski definition) is 9. The van der Waals surface area contributed by atoms with Gasteiger partial charge in [-0.05, 0) is 31.2 Å². The molecule has 5 atom stereocenters. The molecule has 1 aliphatic heterocycles. The number of carboxylic acid groups (broad SMARTS) is 1. The smallest absolute Gasteiger partial charge is 0.408 e. The van der Waals surface area contributed by atoms with Gasteiger partial charge < -0.3 is 48.3 Å². The number of carbonyl (C=O) groups is 7. The standard InChI is InChI=1S/C29H43N9O9S2/c30-17(14-48)24(41)38(25(42)19(12-22(31)39)36-29(46)47-13-16-6-2-1-3-7-16)21(15-49)26(43)37-11-5-9-20(37)23(40)35-18(27(44)45)8-4-10-34-28(32)33/h1-3,6-7,17-21,48-49H,4-5,8-15,30H2,(H2,31,39)(H,35,40)(H,36,46)(H,44,45)(H4,32,33,34). The molecule has 0 bridgehead atoms. The highest BCUT2D eigenvalue weighted by atomic mass is 32.1. The molecule has 6 amide bonds. The fraction of sp³-hybridized carbons (Fsp3) is 0.517. The number of nitrogens with two attached hydrogens (primary N) is 4. The molecule has 11 N–H and O–H groups in total. The molecule has 1 saturated heterocycles. The summed E-state index contributed by atoms with van der Waals surface area (Å²) in [6.45, 7) is -0.0398. The molecular formula is C29H43N9O9S2. The molecule has 5 unspecified atom stereocenters. The second kappa shape index (κ2) is 20.1. The summed E-state index contributed by atoms with van der Waals surface area (Å²) in [7, 11) is 0. The minimum Gasteiger partial charge on any atom is -0.480 e. The quantitative estimate of drug-likeness (QED) is 0.0334. The molecule has 20 heteroatoms. The predicted molar refractivity (Wildman–Crippen MR) is 183 cm³/mol. The molecule has 2 rings (SSSR count). The maximum absolute atomic E-state index is 14.0. The van der Waals surface area contributed by atoms with Gasteiger partial charge in [0.25, 0.3) is 5.91 Å². The van der Waals surface area contributed by atoms with Crippen LogP contribution in [-0.4, -0.2) is 117 Å². The van der Waals surface area contributed by atoms with Crippen LogP contribution in [0.25, 0.3) is 0 Å². The van der Waals surface area contributed by atoms with Crippen molar-refractivity contribution in [1.82, 2.24) is 20.4 Å². The molecule has 0 radical (unpaired) electrons. The van der Waals surface area contributed by atoms with Crippen LogP contribution in [0.15, 0.2) is 35.3 Å². The van der Waals surface area contributed by atoms with Gasteiger partial charge in [-0.15, -0.1) is 0 Å². The van der Waals surface area contributed by atoms with E-state index in [4.69, 9.17) is 27.7 Å². The number of likely N-dealkylation sites (tertiary alicyclic amines) is 1.